The lowest BCUT2D eigenvalue weighted by Crippen LogP contribution is -1.92. The zero-order chi connectivity index (χ0) is 11.8. The summed E-state index contributed by atoms with van der Waals surface area (Å²) >= 11 is 1.34. The van der Waals surface area contributed by atoms with Gasteiger partial charge >= 0.3 is 0 Å². The van der Waals surface area contributed by atoms with Gasteiger partial charge in [-0.2, -0.15) is 4.98 Å². The van der Waals surface area contributed by atoms with Crippen LogP contribution in [0, 0.1) is 5.82 Å². The first-order valence-corrected chi connectivity index (χ1v) is 5.68. The van der Waals surface area contributed by atoms with Gasteiger partial charge in [0.1, 0.15) is 4.70 Å². The molecule has 1 N–H and O–H groups in total. The zero-order valence-electron chi connectivity index (χ0n) is 8.46. The normalized spacial score (nSPS) is 10.9. The van der Waals surface area contributed by atoms with Gasteiger partial charge in [-0.05, 0) is 17.5 Å². The van der Waals surface area contributed by atoms with Crippen molar-refractivity contribution in [3.05, 3.63) is 35.7 Å². The highest BCUT2D eigenvalue weighted by molar-refractivity contribution is 7.17. The van der Waals surface area contributed by atoms with E-state index >= 15 is 0 Å². The van der Waals surface area contributed by atoms with Gasteiger partial charge < -0.3 is 5.11 Å². The molecule has 6 heteroatoms. The Morgan fingerprint density at radius 1 is 1.24 bits per heavy atom. The van der Waals surface area contributed by atoms with Crippen molar-refractivity contribution >= 4 is 21.6 Å². The van der Waals surface area contributed by atoms with Crippen molar-refractivity contribution in [3.63, 3.8) is 0 Å². The van der Waals surface area contributed by atoms with Crippen LogP contribution in [0.4, 0.5) is 4.39 Å². The number of hydrogen-bond donors (Lipinski definition) is 1. The van der Waals surface area contributed by atoms with Gasteiger partial charge in [0.25, 0.3) is 0 Å². The third-order valence-corrected chi connectivity index (χ3v) is 3.20. The lowest BCUT2D eigenvalue weighted by molar-refractivity contribution is 0.461. The summed E-state index contributed by atoms with van der Waals surface area (Å²) in [5.41, 5.74) is 0.831. The Balaban J connectivity index is 2.28. The Morgan fingerprint density at radius 2 is 2.12 bits per heavy atom. The van der Waals surface area contributed by atoms with Gasteiger partial charge in [-0.3, -0.25) is 4.98 Å². The number of pyridine rings is 1. The summed E-state index contributed by atoms with van der Waals surface area (Å²) < 4.78 is 14.1. The van der Waals surface area contributed by atoms with Gasteiger partial charge in [0, 0.05) is 6.20 Å². The van der Waals surface area contributed by atoms with Crippen molar-refractivity contribution in [2.75, 3.05) is 0 Å². The third kappa shape index (κ3) is 1.62. The van der Waals surface area contributed by atoms with E-state index < -0.39 is 5.82 Å². The molecule has 0 aliphatic rings. The number of aromatic hydroxyl groups is 1. The molecule has 0 aromatic carbocycles. The molecule has 3 aromatic heterocycles. The molecule has 0 amide bonds. The third-order valence-electron chi connectivity index (χ3n) is 2.30. The molecule has 0 atom stereocenters. The largest absolute Gasteiger partial charge is 0.492 e. The van der Waals surface area contributed by atoms with Crippen LogP contribution in [-0.2, 0) is 0 Å². The van der Waals surface area contributed by atoms with Gasteiger partial charge in [0.2, 0.25) is 5.88 Å². The Morgan fingerprint density at radius 3 is 2.94 bits per heavy atom. The predicted octanol–water partition coefficient (Wildman–Crippen LogP) is 2.60. The van der Waals surface area contributed by atoms with Crippen LogP contribution in [-0.4, -0.2) is 20.1 Å². The number of halogens is 1. The van der Waals surface area contributed by atoms with Crippen molar-refractivity contribution in [2.24, 2.45) is 0 Å². The maximum absolute atomic E-state index is 13.5. The lowest BCUT2D eigenvalue weighted by Gasteiger charge is -2.02. The second-order valence-electron chi connectivity index (χ2n) is 3.36. The standard InChI is InChI=1S/C11H6FN3OS/c12-7-5-13-3-1-6(7)10-14-8-2-4-17-9(8)11(16)15-10/h1-5H,(H,14,15,16). The minimum atomic E-state index is -0.513. The first-order chi connectivity index (χ1) is 8.25. The summed E-state index contributed by atoms with van der Waals surface area (Å²) in [6.45, 7) is 0. The highest BCUT2D eigenvalue weighted by Crippen LogP contribution is 2.29. The van der Waals surface area contributed by atoms with Crippen LogP contribution in [0.2, 0.25) is 0 Å². The Kier molecular flexibility index (Phi) is 2.22. The van der Waals surface area contributed by atoms with Gasteiger partial charge in [-0.25, -0.2) is 9.37 Å². The molecule has 4 nitrogen and oxygen atoms in total. The molecule has 3 rings (SSSR count). The topological polar surface area (TPSA) is 58.9 Å². The number of nitrogens with zero attached hydrogens (tertiary/aromatic N) is 3. The summed E-state index contributed by atoms with van der Waals surface area (Å²) in [6.07, 6.45) is 2.55. The van der Waals surface area contributed by atoms with Crippen molar-refractivity contribution in [2.45, 2.75) is 0 Å². The monoisotopic (exact) mass is 247 g/mol. The molecule has 0 spiro atoms. The van der Waals surface area contributed by atoms with Gasteiger partial charge in [0.15, 0.2) is 11.6 Å². The van der Waals surface area contributed by atoms with Gasteiger partial charge in [-0.1, -0.05) is 0 Å². The second-order valence-corrected chi connectivity index (χ2v) is 4.28. The van der Waals surface area contributed by atoms with Crippen molar-refractivity contribution in [1.29, 1.82) is 0 Å². The summed E-state index contributed by atoms with van der Waals surface area (Å²) in [5.74, 6) is -0.481. The molecule has 0 aliphatic carbocycles. The van der Waals surface area contributed by atoms with Crippen molar-refractivity contribution in [3.8, 4) is 17.3 Å². The van der Waals surface area contributed by atoms with Crippen LogP contribution in [0.3, 0.4) is 0 Å². The fourth-order valence-corrected chi connectivity index (χ4v) is 2.24. The molecular formula is C11H6FN3OS. The van der Waals surface area contributed by atoms with Crippen LogP contribution in [0.1, 0.15) is 0 Å². The van der Waals surface area contributed by atoms with Gasteiger partial charge in [0.05, 0.1) is 17.3 Å². The average Bonchev–Trinajstić information content (AvgIpc) is 2.78. The van der Waals surface area contributed by atoms with E-state index in [0.717, 1.165) is 6.20 Å². The molecule has 0 radical (unpaired) electrons. The van der Waals surface area contributed by atoms with E-state index in [-0.39, 0.29) is 17.3 Å². The van der Waals surface area contributed by atoms with Crippen molar-refractivity contribution in [1.82, 2.24) is 15.0 Å². The van der Waals surface area contributed by atoms with Crippen LogP contribution in [0.5, 0.6) is 5.88 Å². The van der Waals surface area contributed by atoms with Crippen LogP contribution in [0.15, 0.2) is 29.9 Å². The van der Waals surface area contributed by atoms with Crippen LogP contribution in [0.25, 0.3) is 21.6 Å². The van der Waals surface area contributed by atoms with E-state index in [0.29, 0.717) is 10.2 Å². The number of aromatic nitrogens is 3. The van der Waals surface area contributed by atoms with E-state index in [9.17, 15) is 9.50 Å². The quantitative estimate of drug-likeness (QED) is 0.718. The highest BCUT2D eigenvalue weighted by Gasteiger charge is 2.12. The Bertz CT molecular complexity index is 698. The molecule has 17 heavy (non-hydrogen) atoms. The molecule has 0 bridgehead atoms. The molecule has 3 heterocycles. The minimum absolute atomic E-state index is 0.129. The fraction of sp³-hybridized carbons (Fsp3) is 0. The maximum atomic E-state index is 13.5. The SMILES string of the molecule is Oc1nc(-c2ccncc2F)nc2ccsc12. The molecule has 84 valence electrons. The van der Waals surface area contributed by atoms with E-state index in [1.54, 1.807) is 11.4 Å². The lowest BCUT2D eigenvalue weighted by atomic mass is 10.2. The number of fused-ring (bicyclic) bond motifs is 1. The molecule has 0 saturated carbocycles. The first kappa shape index (κ1) is 10.1. The molecule has 0 aliphatic heterocycles. The van der Waals surface area contributed by atoms with Gasteiger partial charge in [-0.15, -0.1) is 11.3 Å². The molecular weight excluding hydrogens is 241 g/mol. The fourth-order valence-electron chi connectivity index (χ4n) is 1.53. The number of hydrogen-bond acceptors (Lipinski definition) is 5. The molecule has 0 unspecified atom stereocenters. The number of thiophene rings is 1. The van der Waals surface area contributed by atoms with E-state index in [1.165, 1.54) is 23.6 Å². The number of rotatable bonds is 1. The van der Waals surface area contributed by atoms with Crippen LogP contribution < -0.4 is 0 Å². The molecule has 0 fully saturated rings. The Labute approximate surface area is 99.4 Å². The summed E-state index contributed by atoms with van der Waals surface area (Å²) in [5, 5.41) is 11.5. The van der Waals surface area contributed by atoms with E-state index in [2.05, 4.69) is 15.0 Å². The summed E-state index contributed by atoms with van der Waals surface area (Å²) in [7, 11) is 0. The Hall–Kier alpha value is -2.08. The van der Waals surface area contributed by atoms with E-state index in [1.807, 2.05) is 0 Å². The predicted molar refractivity (Wildman–Crippen MR) is 62.3 cm³/mol. The first-order valence-electron chi connectivity index (χ1n) is 4.80. The van der Waals surface area contributed by atoms with Crippen LogP contribution >= 0.6 is 11.3 Å². The maximum Gasteiger partial charge on any atom is 0.232 e. The van der Waals surface area contributed by atoms with E-state index in [4.69, 9.17) is 0 Å². The summed E-state index contributed by atoms with van der Waals surface area (Å²) in [6, 6.07) is 3.23. The zero-order valence-corrected chi connectivity index (χ0v) is 9.28. The highest BCUT2D eigenvalue weighted by atomic mass is 32.1. The minimum Gasteiger partial charge on any atom is -0.492 e. The van der Waals surface area contributed by atoms with Crippen molar-refractivity contribution < 1.29 is 9.50 Å². The summed E-state index contributed by atoms with van der Waals surface area (Å²) in [4.78, 5) is 11.7. The smallest absolute Gasteiger partial charge is 0.232 e. The molecule has 3 aromatic rings. The average molecular weight is 247 g/mol. The second kappa shape index (κ2) is 3.74. The molecule has 0 saturated heterocycles.